The minimum atomic E-state index is -3.63. The number of carbonyl (C=O) groups excluding carboxylic acids is 2. The summed E-state index contributed by atoms with van der Waals surface area (Å²) in [5, 5.41) is 3.23. The maximum absolute atomic E-state index is 13.4. The number of carbonyl (C=O) groups is 2. The standard InChI is InChI=1S/C27H38ClN3O5S/c1-7-20(3)29-27(33)21(4)30(18-22-12-10-19(2)11-13-22)26(32)9-8-16-31(37(6,34)35)23-14-15-25(36-5)24(28)17-23/h10-15,17,20-21H,7-9,16,18H2,1-6H3,(H,29,33)/t20-,21+/m1/s1. The van der Waals surface area contributed by atoms with Gasteiger partial charge in [0, 0.05) is 25.6 Å². The van der Waals surface area contributed by atoms with Crippen molar-refractivity contribution in [3.63, 3.8) is 0 Å². The van der Waals surface area contributed by atoms with Crippen LogP contribution in [0.4, 0.5) is 5.69 Å². The van der Waals surface area contributed by atoms with Crippen molar-refractivity contribution in [3.05, 3.63) is 58.6 Å². The monoisotopic (exact) mass is 551 g/mol. The molecule has 2 rings (SSSR count). The molecule has 0 aliphatic heterocycles. The summed E-state index contributed by atoms with van der Waals surface area (Å²) in [7, 11) is -2.15. The van der Waals surface area contributed by atoms with Crippen molar-refractivity contribution in [2.24, 2.45) is 0 Å². The van der Waals surface area contributed by atoms with Gasteiger partial charge < -0.3 is 15.0 Å². The Morgan fingerprint density at radius 3 is 2.30 bits per heavy atom. The molecule has 204 valence electrons. The summed E-state index contributed by atoms with van der Waals surface area (Å²) >= 11 is 6.20. The van der Waals surface area contributed by atoms with Gasteiger partial charge in [0.25, 0.3) is 0 Å². The Kier molecular flexibility index (Phi) is 11.3. The largest absolute Gasteiger partial charge is 0.495 e. The average Bonchev–Trinajstić information content (AvgIpc) is 2.84. The molecule has 0 heterocycles. The molecule has 10 heteroatoms. The Balaban J connectivity index is 2.19. The van der Waals surface area contributed by atoms with E-state index >= 15 is 0 Å². The normalized spacial score (nSPS) is 12.9. The van der Waals surface area contributed by atoms with Crippen molar-refractivity contribution in [2.45, 2.75) is 65.6 Å². The number of hydrogen-bond donors (Lipinski definition) is 1. The fourth-order valence-corrected chi connectivity index (χ4v) is 4.96. The molecule has 2 amide bonds. The summed E-state index contributed by atoms with van der Waals surface area (Å²) in [5.41, 5.74) is 2.40. The maximum Gasteiger partial charge on any atom is 0.242 e. The van der Waals surface area contributed by atoms with Crippen LogP contribution in [0.2, 0.25) is 5.02 Å². The summed E-state index contributed by atoms with van der Waals surface area (Å²) in [6.45, 7) is 7.96. The molecule has 0 spiro atoms. The lowest BCUT2D eigenvalue weighted by Crippen LogP contribution is -2.49. The highest BCUT2D eigenvalue weighted by atomic mass is 35.5. The van der Waals surface area contributed by atoms with Gasteiger partial charge in [0.1, 0.15) is 11.8 Å². The van der Waals surface area contributed by atoms with Crippen molar-refractivity contribution in [1.29, 1.82) is 0 Å². The Morgan fingerprint density at radius 2 is 1.76 bits per heavy atom. The number of hydrogen-bond acceptors (Lipinski definition) is 5. The highest BCUT2D eigenvalue weighted by Crippen LogP contribution is 2.30. The Labute approximate surface area is 226 Å². The van der Waals surface area contributed by atoms with Gasteiger partial charge in [0.2, 0.25) is 21.8 Å². The van der Waals surface area contributed by atoms with E-state index in [0.29, 0.717) is 11.4 Å². The van der Waals surface area contributed by atoms with E-state index in [1.807, 2.05) is 45.0 Å². The van der Waals surface area contributed by atoms with E-state index in [-0.39, 0.29) is 48.8 Å². The van der Waals surface area contributed by atoms with Crippen molar-refractivity contribution in [2.75, 3.05) is 24.2 Å². The number of anilines is 1. The molecule has 2 atom stereocenters. The Hall–Kier alpha value is -2.78. The van der Waals surface area contributed by atoms with Crippen molar-refractivity contribution >= 4 is 39.1 Å². The van der Waals surface area contributed by atoms with Gasteiger partial charge in [-0.25, -0.2) is 8.42 Å². The predicted molar refractivity (Wildman–Crippen MR) is 149 cm³/mol. The molecule has 0 bridgehead atoms. The number of methoxy groups -OCH3 is 1. The van der Waals surface area contributed by atoms with E-state index in [9.17, 15) is 18.0 Å². The van der Waals surface area contributed by atoms with Crippen LogP contribution in [0.25, 0.3) is 0 Å². The van der Waals surface area contributed by atoms with Gasteiger partial charge >= 0.3 is 0 Å². The van der Waals surface area contributed by atoms with Gasteiger partial charge in [-0.2, -0.15) is 0 Å². The molecule has 0 unspecified atom stereocenters. The van der Waals surface area contributed by atoms with E-state index in [1.165, 1.54) is 17.5 Å². The minimum Gasteiger partial charge on any atom is -0.495 e. The summed E-state index contributed by atoms with van der Waals surface area (Å²) in [6, 6.07) is 11.8. The average molecular weight is 552 g/mol. The van der Waals surface area contributed by atoms with Crippen LogP contribution >= 0.6 is 11.6 Å². The van der Waals surface area contributed by atoms with Gasteiger partial charge in [-0.3, -0.25) is 13.9 Å². The van der Waals surface area contributed by atoms with Crippen LogP contribution in [-0.4, -0.2) is 57.1 Å². The van der Waals surface area contributed by atoms with Crippen LogP contribution in [0.5, 0.6) is 5.75 Å². The van der Waals surface area contributed by atoms with Crippen molar-refractivity contribution in [1.82, 2.24) is 10.2 Å². The molecule has 0 aliphatic carbocycles. The molecule has 2 aromatic carbocycles. The fourth-order valence-electron chi connectivity index (χ4n) is 3.75. The molecule has 0 aromatic heterocycles. The third-order valence-corrected chi connectivity index (χ3v) is 7.71. The smallest absolute Gasteiger partial charge is 0.242 e. The third-order valence-electron chi connectivity index (χ3n) is 6.22. The van der Waals surface area contributed by atoms with Crippen LogP contribution in [0.15, 0.2) is 42.5 Å². The second-order valence-corrected chi connectivity index (χ2v) is 11.6. The Bertz CT molecular complexity index is 1170. The lowest BCUT2D eigenvalue weighted by molar-refractivity contribution is -0.140. The molecule has 1 N–H and O–H groups in total. The van der Waals surface area contributed by atoms with Crippen LogP contribution in [-0.2, 0) is 26.2 Å². The quantitative estimate of drug-likeness (QED) is 0.394. The first-order valence-corrected chi connectivity index (χ1v) is 14.6. The van der Waals surface area contributed by atoms with Gasteiger partial charge in [0.15, 0.2) is 0 Å². The first-order valence-electron chi connectivity index (χ1n) is 12.3. The molecule has 37 heavy (non-hydrogen) atoms. The molecule has 8 nitrogen and oxygen atoms in total. The maximum atomic E-state index is 13.4. The van der Waals surface area contributed by atoms with E-state index < -0.39 is 16.1 Å². The molecule has 0 fully saturated rings. The lowest BCUT2D eigenvalue weighted by atomic mass is 10.1. The van der Waals surface area contributed by atoms with Gasteiger partial charge in [-0.05, 0) is 57.4 Å². The number of nitrogens with zero attached hydrogens (tertiary/aromatic N) is 2. The molecular formula is C27H38ClN3O5S. The lowest BCUT2D eigenvalue weighted by Gasteiger charge is -2.30. The number of aryl methyl sites for hydroxylation is 1. The second-order valence-electron chi connectivity index (χ2n) is 9.26. The van der Waals surface area contributed by atoms with E-state index in [0.717, 1.165) is 23.8 Å². The number of ether oxygens (including phenoxy) is 1. The number of amides is 2. The summed E-state index contributed by atoms with van der Waals surface area (Å²) in [5.74, 6) is -0.0144. The van der Waals surface area contributed by atoms with E-state index in [2.05, 4.69) is 5.32 Å². The zero-order valence-corrected chi connectivity index (χ0v) is 24.0. The Morgan fingerprint density at radius 1 is 1.11 bits per heavy atom. The van der Waals surface area contributed by atoms with Crippen LogP contribution < -0.4 is 14.4 Å². The number of halogens is 1. The van der Waals surface area contributed by atoms with Gasteiger partial charge in [0.05, 0.1) is 24.1 Å². The van der Waals surface area contributed by atoms with Crippen LogP contribution in [0.3, 0.4) is 0 Å². The molecule has 2 aromatic rings. The first-order chi connectivity index (χ1) is 17.4. The molecule has 0 saturated heterocycles. The van der Waals surface area contributed by atoms with Gasteiger partial charge in [-0.15, -0.1) is 0 Å². The third kappa shape index (κ3) is 8.93. The zero-order valence-electron chi connectivity index (χ0n) is 22.5. The van der Waals surface area contributed by atoms with Crippen LogP contribution in [0.1, 0.15) is 51.2 Å². The number of sulfonamides is 1. The highest BCUT2D eigenvalue weighted by molar-refractivity contribution is 7.92. The zero-order chi connectivity index (χ0) is 27.8. The van der Waals surface area contributed by atoms with Crippen molar-refractivity contribution in [3.8, 4) is 5.75 Å². The van der Waals surface area contributed by atoms with Crippen molar-refractivity contribution < 1.29 is 22.7 Å². The molecule has 0 radical (unpaired) electrons. The van der Waals surface area contributed by atoms with Gasteiger partial charge in [-0.1, -0.05) is 48.4 Å². The number of benzene rings is 2. The summed E-state index contributed by atoms with van der Waals surface area (Å²) in [6.07, 6.45) is 2.22. The fraction of sp³-hybridized carbons (Fsp3) is 0.481. The number of nitrogens with one attached hydrogen (secondary N) is 1. The second kappa shape index (κ2) is 13.7. The highest BCUT2D eigenvalue weighted by Gasteiger charge is 2.27. The van der Waals surface area contributed by atoms with Crippen LogP contribution in [0, 0.1) is 6.92 Å². The van der Waals surface area contributed by atoms with E-state index in [1.54, 1.807) is 24.0 Å². The SMILES string of the molecule is CC[C@@H](C)NC(=O)[C@H](C)N(Cc1ccc(C)cc1)C(=O)CCCN(c1ccc(OC)c(Cl)c1)S(C)(=O)=O. The minimum absolute atomic E-state index is 0.00841. The summed E-state index contributed by atoms with van der Waals surface area (Å²) < 4.78 is 31.4. The first kappa shape index (κ1) is 30.4. The molecule has 0 saturated carbocycles. The molecule has 0 aliphatic rings. The molecular weight excluding hydrogens is 514 g/mol. The van der Waals surface area contributed by atoms with E-state index in [4.69, 9.17) is 16.3 Å². The topological polar surface area (TPSA) is 96.0 Å². The number of rotatable bonds is 13. The summed E-state index contributed by atoms with van der Waals surface area (Å²) in [4.78, 5) is 27.8. The predicted octanol–water partition coefficient (Wildman–Crippen LogP) is 4.54.